The number of esters is 2. The van der Waals surface area contributed by atoms with Gasteiger partial charge in [-0.05, 0) is 194 Å². The molecule has 14 heteroatoms. The van der Waals surface area contributed by atoms with Gasteiger partial charge in [-0.25, -0.2) is 4.79 Å². The van der Waals surface area contributed by atoms with Gasteiger partial charge >= 0.3 is 11.9 Å². The van der Waals surface area contributed by atoms with Crippen LogP contribution in [0.3, 0.4) is 0 Å². The van der Waals surface area contributed by atoms with Crippen molar-refractivity contribution in [1.29, 1.82) is 0 Å². The number of methoxy groups -OCH3 is 1. The molecular formula is C60H81NO13. The van der Waals surface area contributed by atoms with Crippen LogP contribution in [0.25, 0.3) is 6.08 Å². The van der Waals surface area contributed by atoms with Gasteiger partial charge in [0.1, 0.15) is 12.2 Å². The summed E-state index contributed by atoms with van der Waals surface area (Å²) < 4.78 is 24.4. The second-order valence-electron chi connectivity index (χ2n) is 24.1. The molecule has 8 aliphatic carbocycles. The summed E-state index contributed by atoms with van der Waals surface area (Å²) in [4.78, 5) is 29.9. The number of phenols is 1. The molecule has 0 radical (unpaired) electrons. The molecule has 2 aliphatic heterocycles. The van der Waals surface area contributed by atoms with Crippen LogP contribution < -0.4 is 10.1 Å². The van der Waals surface area contributed by atoms with Crippen molar-refractivity contribution in [2.45, 2.75) is 159 Å². The Bertz CT molecular complexity index is 2490. The normalized spacial score (nSPS) is 40.0. The van der Waals surface area contributed by atoms with E-state index in [2.05, 4.69) is 38.2 Å². The maximum Gasteiger partial charge on any atom is 0.334 e. The van der Waals surface area contributed by atoms with Crippen molar-refractivity contribution in [2.75, 3.05) is 26.9 Å². The fraction of sp³-hybridized carbons (Fsp3) is 0.667. The summed E-state index contributed by atoms with van der Waals surface area (Å²) in [6.07, 6.45) is 10.9. The molecule has 2 aromatic rings. The van der Waals surface area contributed by atoms with Crippen LogP contribution in [-0.4, -0.2) is 123 Å². The van der Waals surface area contributed by atoms with Crippen molar-refractivity contribution >= 4 is 18.0 Å². The number of rotatable bonds is 17. The molecule has 10 aliphatic rings. The van der Waals surface area contributed by atoms with Gasteiger partial charge in [-0.1, -0.05) is 63.3 Å². The Morgan fingerprint density at radius 2 is 1.74 bits per heavy atom. The van der Waals surface area contributed by atoms with Crippen LogP contribution in [0.5, 0.6) is 11.5 Å². The third-order valence-corrected chi connectivity index (χ3v) is 20.3. The Morgan fingerprint density at radius 1 is 0.946 bits per heavy atom. The number of carbonyl (C=O) groups is 2. The maximum atomic E-state index is 15.2. The number of aromatic hydroxyl groups is 1. The molecule has 74 heavy (non-hydrogen) atoms. The molecule has 404 valence electrons. The van der Waals surface area contributed by atoms with E-state index >= 15 is 4.79 Å². The van der Waals surface area contributed by atoms with Crippen LogP contribution in [0.1, 0.15) is 120 Å². The number of benzene rings is 2. The number of hydrogen-bond acceptors (Lipinski definition) is 14. The molecule has 14 nitrogen and oxygen atoms in total. The highest BCUT2D eigenvalue weighted by Gasteiger charge is 2.73. The summed E-state index contributed by atoms with van der Waals surface area (Å²) in [6, 6.07) is 9.96. The van der Waals surface area contributed by atoms with Crippen molar-refractivity contribution in [1.82, 2.24) is 5.32 Å². The number of aryl methyl sites for hydroxylation is 1. The first-order valence-electron chi connectivity index (χ1n) is 27.8. The Balaban J connectivity index is 0.969. The summed E-state index contributed by atoms with van der Waals surface area (Å²) >= 11 is 0. The number of aliphatic hydroxyl groups is 6. The lowest BCUT2D eigenvalue weighted by Crippen LogP contribution is -2.71. The minimum atomic E-state index is -2.36. The first-order valence-corrected chi connectivity index (χ1v) is 27.8. The molecule has 5 saturated carbocycles. The Kier molecular flexibility index (Phi) is 15.1. The summed E-state index contributed by atoms with van der Waals surface area (Å²) in [7, 11) is 1.42. The molecule has 19 atom stereocenters. The minimum absolute atomic E-state index is 0.00815. The topological polar surface area (TPSA) is 225 Å². The van der Waals surface area contributed by atoms with Crippen molar-refractivity contribution in [3.63, 3.8) is 0 Å². The third-order valence-electron chi connectivity index (χ3n) is 20.3. The van der Waals surface area contributed by atoms with Gasteiger partial charge in [0.05, 0.1) is 25.4 Å². The average molecular weight is 1020 g/mol. The van der Waals surface area contributed by atoms with Gasteiger partial charge in [0.25, 0.3) is 0 Å². The zero-order valence-electron chi connectivity index (χ0n) is 43.9. The Labute approximate surface area is 436 Å². The van der Waals surface area contributed by atoms with Crippen molar-refractivity contribution in [2.24, 2.45) is 64.1 Å². The first-order chi connectivity index (χ1) is 35.5. The van der Waals surface area contributed by atoms with Gasteiger partial charge in [0.2, 0.25) is 5.79 Å². The van der Waals surface area contributed by atoms with Crippen LogP contribution in [0.15, 0.2) is 66.3 Å². The smallest absolute Gasteiger partial charge is 0.334 e. The first kappa shape index (κ1) is 53.3. The number of ether oxygens (including phenoxy) is 4. The second kappa shape index (κ2) is 21.0. The number of phenolic OH excluding ortho intramolecular Hbond substituents is 1. The summed E-state index contributed by atoms with van der Waals surface area (Å²) in [5.74, 6) is -1.79. The quantitative estimate of drug-likeness (QED) is 0.0495. The Morgan fingerprint density at radius 3 is 2.49 bits per heavy atom. The highest BCUT2D eigenvalue weighted by molar-refractivity contribution is 5.94. The highest BCUT2D eigenvalue weighted by Crippen LogP contribution is 2.78. The SMILES string of the molecule is COc1cc(/C=C(\C[C@H]2c3cc(CCO)ccc3CC[C@H]2CO)C(=O)O[C@@H]2[C@H](OC(=O)CC[C@@H]3[C@@H]4C=C[C@]56CC[C@H](C(C)C)[C@@H]7CC[C@]35[C@H](CC[C@@H]6[C@H]4C)[C@@H]7O)[C@@H](O)[C@H]3O[C@]2(O)C=C[C@H]3NC[C@H](C)O)ccc1O. The van der Waals surface area contributed by atoms with Crippen LogP contribution in [0.4, 0.5) is 0 Å². The molecule has 6 fully saturated rings. The van der Waals surface area contributed by atoms with E-state index in [4.69, 9.17) is 18.9 Å². The van der Waals surface area contributed by atoms with Gasteiger partial charge in [0, 0.05) is 31.8 Å². The van der Waals surface area contributed by atoms with Crippen LogP contribution in [-0.2, 0) is 36.6 Å². The lowest BCUT2D eigenvalue weighted by molar-refractivity contribution is -0.333. The highest BCUT2D eigenvalue weighted by atomic mass is 16.7. The predicted octanol–water partition coefficient (Wildman–Crippen LogP) is 6.30. The van der Waals surface area contributed by atoms with Crippen LogP contribution in [0, 0.1) is 64.1 Å². The van der Waals surface area contributed by atoms with Crippen LogP contribution in [0.2, 0.25) is 0 Å². The minimum Gasteiger partial charge on any atom is -0.504 e. The van der Waals surface area contributed by atoms with E-state index in [1.54, 1.807) is 31.2 Å². The van der Waals surface area contributed by atoms with Crippen molar-refractivity contribution < 1.29 is 64.3 Å². The summed E-state index contributed by atoms with van der Waals surface area (Å²) in [5.41, 5.74) is 3.32. The van der Waals surface area contributed by atoms with Gasteiger partial charge in [-0.3, -0.25) is 4.79 Å². The molecule has 8 N–H and O–H groups in total. The lowest BCUT2D eigenvalue weighted by Gasteiger charge is -2.76. The predicted molar refractivity (Wildman–Crippen MR) is 276 cm³/mol. The van der Waals surface area contributed by atoms with Crippen molar-refractivity contribution in [3.05, 3.63) is 88.5 Å². The van der Waals surface area contributed by atoms with E-state index in [0.717, 1.165) is 55.2 Å². The molecule has 12 rings (SSSR count). The molecule has 8 bridgehead atoms. The van der Waals surface area contributed by atoms with E-state index in [-0.39, 0.29) is 96.0 Å². The van der Waals surface area contributed by atoms with E-state index < -0.39 is 60.4 Å². The molecule has 0 unspecified atom stereocenters. The fourth-order valence-corrected chi connectivity index (χ4v) is 17.0. The van der Waals surface area contributed by atoms with Gasteiger partial charge in [-0.15, -0.1) is 0 Å². The zero-order chi connectivity index (χ0) is 52.4. The van der Waals surface area contributed by atoms with E-state index in [1.807, 2.05) is 18.2 Å². The summed E-state index contributed by atoms with van der Waals surface area (Å²) in [5, 5.41) is 81.8. The van der Waals surface area contributed by atoms with Crippen molar-refractivity contribution in [3.8, 4) is 11.5 Å². The maximum absolute atomic E-state index is 15.2. The molecule has 2 spiro atoms. The number of fused-ring (bicyclic) bond motifs is 6. The molecule has 0 amide bonds. The molecule has 2 aromatic carbocycles. The van der Waals surface area contributed by atoms with Gasteiger partial charge in [0.15, 0.2) is 23.7 Å². The average Bonchev–Trinajstić information content (AvgIpc) is 3.46. The van der Waals surface area contributed by atoms with Crippen LogP contribution >= 0.6 is 0 Å². The lowest BCUT2D eigenvalue weighted by atomic mass is 9.28. The zero-order valence-corrected chi connectivity index (χ0v) is 43.9. The summed E-state index contributed by atoms with van der Waals surface area (Å²) in [6.45, 7) is 8.55. The number of allylic oxidation sites excluding steroid dienone is 2. The number of hydrogen-bond donors (Lipinski definition) is 8. The van der Waals surface area contributed by atoms with E-state index in [9.17, 15) is 40.5 Å². The van der Waals surface area contributed by atoms with E-state index in [0.29, 0.717) is 54.9 Å². The fourth-order valence-electron chi connectivity index (χ4n) is 17.0. The van der Waals surface area contributed by atoms with Gasteiger partial charge in [-0.2, -0.15) is 0 Å². The number of aliphatic hydroxyl groups excluding tert-OH is 5. The number of nitrogens with one attached hydrogen (secondary N) is 1. The number of carbonyl (C=O) groups excluding carboxylic acids is 2. The molecule has 0 aromatic heterocycles. The van der Waals surface area contributed by atoms with Gasteiger partial charge < -0.3 is 60.0 Å². The van der Waals surface area contributed by atoms with E-state index in [1.165, 1.54) is 19.3 Å². The molecule has 1 saturated heterocycles. The largest absolute Gasteiger partial charge is 0.504 e. The standard InChI is InChI=1S/C60H81NO13/c1-32(2)40-16-21-58-22-17-41-34(4)45(58)11-12-47-52(67)42(40)18-23-59(47,58)46(41)13-15-51(66)72-55-53(68)54-48(61-30-33(3)64)19-24-60(70,74-54)56(55)73-57(69)39(26-36-7-14-49(65)50(28-36)71-5)29-44-38(31-63)10-9-37-8-6-35(20-25-62)27-43(37)44/h6-8,14,17,19,22,24,26-28,32-34,38,40-42,44-48,52-56,61-65,67-68,70H,9-13,15-16,18,20-21,23,25,29-31H2,1-5H3/b39-26+/t33-,34-,38-,40+,41+,42-,44+,45+,46+,47+,48+,52+,53-,54-,55+,56+,58-,59+,60+/m0/s1. The Hall–Kier alpha value is -4.12. The molecule has 2 heterocycles. The monoisotopic (exact) mass is 1020 g/mol. The second-order valence-corrected chi connectivity index (χ2v) is 24.1. The third kappa shape index (κ3) is 9.08. The molecular weight excluding hydrogens is 943 g/mol.